The van der Waals surface area contributed by atoms with E-state index in [2.05, 4.69) is 0 Å². The summed E-state index contributed by atoms with van der Waals surface area (Å²) in [6.07, 6.45) is 4.66. The number of nitro groups is 1. The molecule has 2 aliphatic rings. The summed E-state index contributed by atoms with van der Waals surface area (Å²) in [4.78, 5) is 137. The van der Waals surface area contributed by atoms with Gasteiger partial charge in [0.05, 0.1) is 69.7 Å². The molecular weight excluding hydrogens is 1400 g/mol. The molecule has 0 fully saturated rings. The highest BCUT2D eigenvalue weighted by Crippen LogP contribution is 2.39. The van der Waals surface area contributed by atoms with Gasteiger partial charge in [-0.05, 0) is 165 Å². The van der Waals surface area contributed by atoms with Gasteiger partial charge >= 0.3 is 35.8 Å². The second-order valence-electron chi connectivity index (χ2n) is 25.2. The maximum atomic E-state index is 12.5. The molecular formula is C86H71NO22. The van der Waals surface area contributed by atoms with E-state index in [1.807, 2.05) is 19.1 Å². The number of nitrogens with zero attached hydrogens (tertiary/aromatic N) is 1. The monoisotopic (exact) mass is 1470 g/mol. The van der Waals surface area contributed by atoms with Gasteiger partial charge in [-0.25, -0.2) is 4.79 Å². The number of methoxy groups -OCH3 is 1. The number of aliphatic carboxylic acids is 5. The summed E-state index contributed by atoms with van der Waals surface area (Å²) in [5.41, 5.74) is 10.5. The number of hydrogen-bond donors (Lipinski definition) is 6. The standard InChI is InChI=1S/C17H12O4.C16H12O4.C16H14O3.C15H10O4.C14H16O3.C8H7NO4/c1-9(17(20)21)10-6-7-13-14(8-10)16(19)12-5-3-2-4-11(12)15(13)18;1-9(16(18)19)10-6-7-14-12(8-10)15(17)11-4-2-3-5-13(11)20-14;1-11(16(18)19)13-8-5-9-14(10-13)15(17)12-6-3-2-4-7-12;16-14(17)8-9-5-6-13-11(7-9)15(18)10-3-1-2-4-12(10)19-13;1-3-9-5-4-6-10-12(17-2)8-7-11(13(9)10)14(15)16;10-8(11)5-6-1-3-7(4-2-6)9(12)13/h2-9H,1H3,(H,20,21);2-9H,1H3,(H,18,19);2-11H,1H3,(H,18,19);1-7H,8H2,(H,16,17);3,7-8H,4-6H2,1-2H3,(H,15,16);1-4H,5H2,(H,10,11)/b;;;;9-3+;. The Morgan fingerprint density at radius 1 is 0.468 bits per heavy atom. The van der Waals surface area contributed by atoms with E-state index < -0.39 is 58.5 Å². The summed E-state index contributed by atoms with van der Waals surface area (Å²) in [7, 11) is 1.62. The number of ketones is 3. The first-order chi connectivity index (χ1) is 52.1. The smallest absolute Gasteiger partial charge is 0.336 e. The number of ether oxygens (including phenoxy) is 1. The van der Waals surface area contributed by atoms with Crippen LogP contribution in [0, 0.1) is 10.1 Å². The fourth-order valence-electron chi connectivity index (χ4n) is 12.1. The van der Waals surface area contributed by atoms with Crippen molar-refractivity contribution in [1.29, 1.82) is 0 Å². The first-order valence-corrected chi connectivity index (χ1v) is 34.0. The Morgan fingerprint density at radius 3 is 1.46 bits per heavy atom. The molecule has 12 aromatic rings. The highest BCUT2D eigenvalue weighted by Gasteiger charge is 2.31. The van der Waals surface area contributed by atoms with Crippen molar-refractivity contribution in [2.24, 2.45) is 0 Å². The molecule has 2 aromatic heterocycles. The number of carboxylic acids is 6. The van der Waals surface area contributed by atoms with Crippen LogP contribution in [0.25, 0.3) is 49.5 Å². The number of hydrogen-bond acceptors (Lipinski definition) is 16. The van der Waals surface area contributed by atoms with Crippen LogP contribution in [-0.4, -0.2) is 95.8 Å². The zero-order valence-electron chi connectivity index (χ0n) is 59.3. The average molecular weight is 1470 g/mol. The number of carbonyl (C=O) groups excluding carboxylic acids is 3. The van der Waals surface area contributed by atoms with Crippen molar-refractivity contribution in [3.05, 3.63) is 333 Å². The number of rotatable bonds is 15. The Hall–Kier alpha value is -14.1. The summed E-state index contributed by atoms with van der Waals surface area (Å²) in [6, 6.07) is 59.7. The van der Waals surface area contributed by atoms with Crippen molar-refractivity contribution in [3.63, 3.8) is 0 Å². The van der Waals surface area contributed by atoms with Gasteiger partial charge in [-0.3, -0.25) is 58.1 Å². The molecule has 109 heavy (non-hydrogen) atoms. The number of allylic oxidation sites excluding steroid dienone is 2. The van der Waals surface area contributed by atoms with Crippen LogP contribution in [0.3, 0.4) is 0 Å². The van der Waals surface area contributed by atoms with Crippen molar-refractivity contribution < 1.29 is 92.3 Å². The number of carboxylic acid groups (broad SMARTS) is 6. The SMILES string of the molecule is C/C=C1\CCCc2c(OC)ccc(C(=O)O)c21.CC(C(=O)O)c1ccc2c(c1)C(=O)c1ccccc1C2=O.CC(C(=O)O)c1ccc2oc3ccccc3c(=O)c2c1.CC(C(=O)O)c1cccc(C(=O)c2ccccc2)c1.O=C(O)Cc1ccc([N+](=O)[O-])cc1.O=C(O)Cc1ccc2oc3ccccc3c(=O)c2c1. The molecule has 2 aliphatic carbocycles. The maximum Gasteiger partial charge on any atom is 0.336 e. The third kappa shape index (κ3) is 18.9. The normalized spacial score (nSPS) is 12.8. The highest BCUT2D eigenvalue weighted by molar-refractivity contribution is 6.28. The van der Waals surface area contributed by atoms with Crippen LogP contribution >= 0.6 is 0 Å². The van der Waals surface area contributed by atoms with E-state index in [0.717, 1.165) is 41.7 Å². The zero-order chi connectivity index (χ0) is 78.9. The second-order valence-corrected chi connectivity index (χ2v) is 25.2. The quantitative estimate of drug-likeness (QED) is 0.0240. The van der Waals surface area contributed by atoms with Crippen LogP contribution in [0.4, 0.5) is 5.69 Å². The van der Waals surface area contributed by atoms with E-state index >= 15 is 0 Å². The molecule has 14 rings (SSSR count). The lowest BCUT2D eigenvalue weighted by Gasteiger charge is -2.23. The van der Waals surface area contributed by atoms with E-state index in [-0.39, 0.29) is 52.3 Å². The van der Waals surface area contributed by atoms with Gasteiger partial charge < -0.3 is 44.2 Å². The molecule has 23 heteroatoms. The first kappa shape index (κ1) is 79.0. The number of fused-ring (bicyclic) bond motifs is 7. The summed E-state index contributed by atoms with van der Waals surface area (Å²) in [5, 5.41) is 65.6. The van der Waals surface area contributed by atoms with Crippen molar-refractivity contribution in [3.8, 4) is 5.75 Å². The molecule has 2 heterocycles. The molecule has 3 unspecified atom stereocenters. The second kappa shape index (κ2) is 35.6. The highest BCUT2D eigenvalue weighted by atomic mass is 16.6. The number of benzene rings is 10. The number of non-ortho nitro benzene ring substituents is 1. The third-order valence-corrected chi connectivity index (χ3v) is 18.1. The first-order valence-electron chi connectivity index (χ1n) is 34.0. The molecule has 0 radical (unpaired) electrons. The van der Waals surface area contributed by atoms with Gasteiger partial charge in [0.25, 0.3) is 5.69 Å². The number of para-hydroxylation sites is 2. The van der Waals surface area contributed by atoms with E-state index in [4.69, 9.17) is 39.1 Å². The Labute approximate surface area is 621 Å². The molecule has 10 aromatic carbocycles. The minimum absolute atomic E-state index is 0.0332. The van der Waals surface area contributed by atoms with Gasteiger partial charge in [-0.1, -0.05) is 133 Å². The molecule has 0 aliphatic heterocycles. The van der Waals surface area contributed by atoms with Crippen molar-refractivity contribution in [1.82, 2.24) is 0 Å². The molecule has 0 bridgehead atoms. The van der Waals surface area contributed by atoms with Crippen LogP contribution in [0.2, 0.25) is 0 Å². The maximum absolute atomic E-state index is 12.5. The molecule has 23 nitrogen and oxygen atoms in total. The predicted molar refractivity (Wildman–Crippen MR) is 407 cm³/mol. The largest absolute Gasteiger partial charge is 0.496 e. The Kier molecular flexibility index (Phi) is 25.8. The summed E-state index contributed by atoms with van der Waals surface area (Å²) >= 11 is 0. The van der Waals surface area contributed by atoms with Crippen molar-refractivity contribution in [2.75, 3.05) is 7.11 Å². The van der Waals surface area contributed by atoms with E-state index in [1.54, 1.807) is 210 Å². The fraction of sp³-hybridized carbons (Fsp3) is 0.151. The van der Waals surface area contributed by atoms with E-state index in [1.165, 1.54) is 30.3 Å². The van der Waals surface area contributed by atoms with Gasteiger partial charge in [-0.2, -0.15) is 0 Å². The fourth-order valence-corrected chi connectivity index (χ4v) is 12.1. The molecule has 0 amide bonds. The number of carbonyl (C=O) groups is 9. The topological polar surface area (TPSA) is 388 Å². The van der Waals surface area contributed by atoms with Crippen LogP contribution in [-0.2, 0) is 43.2 Å². The van der Waals surface area contributed by atoms with E-state index in [0.29, 0.717) is 105 Å². The average Bonchev–Trinajstić information content (AvgIpc) is 0.764. The Balaban J connectivity index is 0.000000152. The third-order valence-electron chi connectivity index (χ3n) is 18.1. The van der Waals surface area contributed by atoms with E-state index in [9.17, 15) is 68.0 Å². The Bertz CT molecular complexity index is 5710. The van der Waals surface area contributed by atoms with Crippen LogP contribution in [0.5, 0.6) is 5.75 Å². The van der Waals surface area contributed by atoms with Crippen LogP contribution in [0.15, 0.2) is 243 Å². The molecule has 552 valence electrons. The lowest BCUT2D eigenvalue weighted by atomic mass is 9.82. The van der Waals surface area contributed by atoms with Gasteiger partial charge in [0.1, 0.15) is 28.1 Å². The van der Waals surface area contributed by atoms with Gasteiger partial charge in [-0.15, -0.1) is 0 Å². The van der Waals surface area contributed by atoms with Gasteiger partial charge in [0, 0.05) is 51.1 Å². The van der Waals surface area contributed by atoms with Crippen LogP contribution in [0.1, 0.15) is 155 Å². The van der Waals surface area contributed by atoms with Gasteiger partial charge in [0.2, 0.25) is 10.9 Å². The van der Waals surface area contributed by atoms with Gasteiger partial charge in [0.15, 0.2) is 17.3 Å². The number of aromatic carboxylic acids is 1. The lowest BCUT2D eigenvalue weighted by Crippen LogP contribution is -2.21. The molecule has 0 saturated heterocycles. The Morgan fingerprint density at radius 2 is 0.927 bits per heavy atom. The predicted octanol–water partition coefficient (Wildman–Crippen LogP) is 15.8. The molecule has 3 atom stereocenters. The lowest BCUT2D eigenvalue weighted by molar-refractivity contribution is -0.384. The van der Waals surface area contributed by atoms with Crippen LogP contribution < -0.4 is 15.6 Å². The van der Waals surface area contributed by atoms with Crippen molar-refractivity contribution in [2.45, 2.75) is 77.6 Å². The van der Waals surface area contributed by atoms with Crippen molar-refractivity contribution >= 4 is 108 Å². The molecule has 6 N–H and O–H groups in total. The minimum atomic E-state index is -0.968. The zero-order valence-corrected chi connectivity index (χ0v) is 59.3. The number of nitro benzene ring substituents is 1. The summed E-state index contributed by atoms with van der Waals surface area (Å²) < 4.78 is 16.6. The summed E-state index contributed by atoms with van der Waals surface area (Å²) in [5.74, 6) is -7.28. The molecule has 0 spiro atoms. The minimum Gasteiger partial charge on any atom is -0.496 e. The summed E-state index contributed by atoms with van der Waals surface area (Å²) in [6.45, 7) is 6.70. The molecule has 0 saturated carbocycles.